The van der Waals surface area contributed by atoms with E-state index >= 15 is 0 Å². The van der Waals surface area contributed by atoms with Gasteiger partial charge in [0.25, 0.3) is 0 Å². The first-order valence-electron chi connectivity index (χ1n) is 8.43. The second-order valence-corrected chi connectivity index (χ2v) is 7.23. The largest absolute Gasteiger partial charge is 0.505 e. The third kappa shape index (κ3) is 4.96. The predicted octanol–water partition coefficient (Wildman–Crippen LogP) is 6.55. The highest BCUT2D eigenvalue weighted by Crippen LogP contribution is 2.36. The van der Waals surface area contributed by atoms with Crippen LogP contribution in [0.5, 0.6) is 17.2 Å². The molecular formula is C21H18Cl3NO3. The molecule has 0 aliphatic rings. The van der Waals surface area contributed by atoms with E-state index in [9.17, 15) is 5.11 Å². The Morgan fingerprint density at radius 2 is 1.57 bits per heavy atom. The van der Waals surface area contributed by atoms with Crippen LogP contribution in [0.3, 0.4) is 0 Å². The van der Waals surface area contributed by atoms with Crippen molar-refractivity contribution < 1.29 is 14.6 Å². The van der Waals surface area contributed by atoms with Gasteiger partial charge in [-0.05, 0) is 29.3 Å². The van der Waals surface area contributed by atoms with Gasteiger partial charge in [-0.2, -0.15) is 0 Å². The average Bonchev–Trinajstić information content (AvgIpc) is 2.70. The number of hydrogen-bond donors (Lipinski definition) is 2. The molecule has 0 spiro atoms. The van der Waals surface area contributed by atoms with E-state index in [1.54, 1.807) is 25.3 Å². The van der Waals surface area contributed by atoms with E-state index in [2.05, 4.69) is 5.32 Å². The summed E-state index contributed by atoms with van der Waals surface area (Å²) in [6.07, 6.45) is 0. The lowest BCUT2D eigenvalue weighted by Crippen LogP contribution is -2.03. The molecule has 0 bridgehead atoms. The van der Waals surface area contributed by atoms with E-state index in [1.165, 1.54) is 0 Å². The SMILES string of the molecule is COc1cc(CNc2cc(Cl)c(O)c(Cl)c2)c(Cl)cc1OCc1ccccc1. The van der Waals surface area contributed by atoms with Gasteiger partial charge in [0, 0.05) is 23.3 Å². The number of phenols is 1. The van der Waals surface area contributed by atoms with Crippen LogP contribution in [0.1, 0.15) is 11.1 Å². The van der Waals surface area contributed by atoms with Crippen molar-refractivity contribution in [1.29, 1.82) is 0 Å². The van der Waals surface area contributed by atoms with Crippen LogP contribution in [0.25, 0.3) is 0 Å². The van der Waals surface area contributed by atoms with Crippen LogP contribution in [0.15, 0.2) is 54.6 Å². The molecule has 0 radical (unpaired) electrons. The Balaban J connectivity index is 1.73. The van der Waals surface area contributed by atoms with E-state index in [0.717, 1.165) is 11.1 Å². The monoisotopic (exact) mass is 437 g/mol. The van der Waals surface area contributed by atoms with Crippen molar-refractivity contribution in [2.45, 2.75) is 13.2 Å². The van der Waals surface area contributed by atoms with Gasteiger partial charge in [0.2, 0.25) is 0 Å². The Labute approximate surface area is 178 Å². The first-order valence-corrected chi connectivity index (χ1v) is 9.56. The molecule has 0 saturated heterocycles. The minimum Gasteiger partial charge on any atom is -0.505 e. The average molecular weight is 439 g/mol. The van der Waals surface area contributed by atoms with Crippen molar-refractivity contribution >= 4 is 40.5 Å². The summed E-state index contributed by atoms with van der Waals surface area (Å²) in [5, 5.41) is 13.7. The zero-order valence-electron chi connectivity index (χ0n) is 15.0. The highest BCUT2D eigenvalue weighted by atomic mass is 35.5. The molecule has 28 heavy (non-hydrogen) atoms. The molecule has 2 N–H and O–H groups in total. The Morgan fingerprint density at radius 1 is 0.893 bits per heavy atom. The van der Waals surface area contributed by atoms with Crippen LogP contribution in [-0.2, 0) is 13.2 Å². The summed E-state index contributed by atoms with van der Waals surface area (Å²) in [6.45, 7) is 0.821. The van der Waals surface area contributed by atoms with Gasteiger partial charge in [-0.1, -0.05) is 65.1 Å². The standard InChI is InChI=1S/C21H18Cl3NO3/c1-27-19-7-14(11-25-15-8-17(23)21(26)18(24)9-15)16(22)10-20(19)28-12-13-5-3-2-4-6-13/h2-10,25-26H,11-12H2,1H3. The minimum absolute atomic E-state index is 0.145. The van der Waals surface area contributed by atoms with Crippen LogP contribution in [0.4, 0.5) is 5.69 Å². The van der Waals surface area contributed by atoms with Crippen LogP contribution >= 0.6 is 34.8 Å². The van der Waals surface area contributed by atoms with Crippen LogP contribution in [0.2, 0.25) is 15.1 Å². The molecule has 0 fully saturated rings. The van der Waals surface area contributed by atoms with Crippen molar-refractivity contribution in [2.75, 3.05) is 12.4 Å². The van der Waals surface area contributed by atoms with Gasteiger partial charge in [0.05, 0.1) is 17.2 Å². The fourth-order valence-electron chi connectivity index (χ4n) is 2.59. The number of aromatic hydroxyl groups is 1. The first-order chi connectivity index (χ1) is 13.5. The van der Waals surface area contributed by atoms with Gasteiger partial charge in [-0.15, -0.1) is 0 Å². The molecule has 0 atom stereocenters. The van der Waals surface area contributed by atoms with Crippen molar-refractivity contribution in [2.24, 2.45) is 0 Å². The summed E-state index contributed by atoms with van der Waals surface area (Å²) in [5.41, 5.74) is 2.52. The fraction of sp³-hybridized carbons (Fsp3) is 0.143. The zero-order chi connectivity index (χ0) is 20.1. The maximum Gasteiger partial charge on any atom is 0.163 e. The Kier molecular flexibility index (Phi) is 6.79. The summed E-state index contributed by atoms with van der Waals surface area (Å²) in [4.78, 5) is 0. The highest BCUT2D eigenvalue weighted by Gasteiger charge is 2.12. The van der Waals surface area contributed by atoms with Crippen molar-refractivity contribution in [3.8, 4) is 17.2 Å². The summed E-state index contributed by atoms with van der Waals surface area (Å²) >= 11 is 18.3. The summed E-state index contributed by atoms with van der Waals surface area (Å²) in [7, 11) is 1.58. The Morgan fingerprint density at radius 3 is 2.21 bits per heavy atom. The quantitative estimate of drug-likeness (QED) is 0.411. The maximum absolute atomic E-state index is 9.65. The van der Waals surface area contributed by atoms with Crippen LogP contribution in [-0.4, -0.2) is 12.2 Å². The van der Waals surface area contributed by atoms with Gasteiger partial charge in [-0.3, -0.25) is 0 Å². The highest BCUT2D eigenvalue weighted by molar-refractivity contribution is 6.37. The van der Waals surface area contributed by atoms with E-state index in [4.69, 9.17) is 44.3 Å². The van der Waals surface area contributed by atoms with Gasteiger partial charge in [0.1, 0.15) is 6.61 Å². The third-order valence-electron chi connectivity index (χ3n) is 4.07. The third-order valence-corrected chi connectivity index (χ3v) is 5.00. The van der Waals surface area contributed by atoms with Crippen LogP contribution in [0, 0.1) is 0 Å². The molecule has 0 aliphatic carbocycles. The van der Waals surface area contributed by atoms with E-state index in [0.29, 0.717) is 35.4 Å². The van der Waals surface area contributed by atoms with E-state index in [1.807, 2.05) is 36.4 Å². The minimum atomic E-state index is -0.145. The van der Waals surface area contributed by atoms with Crippen molar-refractivity contribution in [3.63, 3.8) is 0 Å². The molecule has 0 aliphatic heterocycles. The molecule has 4 nitrogen and oxygen atoms in total. The Bertz CT molecular complexity index is 942. The molecule has 146 valence electrons. The van der Waals surface area contributed by atoms with Crippen molar-refractivity contribution in [3.05, 3.63) is 80.8 Å². The summed E-state index contributed by atoms with van der Waals surface area (Å²) in [6, 6.07) is 16.6. The number of halogens is 3. The number of rotatable bonds is 7. The number of hydrogen-bond acceptors (Lipinski definition) is 4. The van der Waals surface area contributed by atoms with Gasteiger partial charge in [0.15, 0.2) is 17.2 Å². The smallest absolute Gasteiger partial charge is 0.163 e. The topological polar surface area (TPSA) is 50.7 Å². The maximum atomic E-state index is 9.65. The molecular weight excluding hydrogens is 421 g/mol. The molecule has 0 amide bonds. The second kappa shape index (κ2) is 9.28. The molecule has 3 aromatic rings. The summed E-state index contributed by atoms with van der Waals surface area (Å²) < 4.78 is 11.3. The second-order valence-electron chi connectivity index (χ2n) is 6.01. The normalized spacial score (nSPS) is 10.6. The lowest BCUT2D eigenvalue weighted by atomic mass is 10.2. The molecule has 0 heterocycles. The number of benzene rings is 3. The zero-order valence-corrected chi connectivity index (χ0v) is 17.3. The number of methoxy groups -OCH3 is 1. The molecule has 0 unspecified atom stereocenters. The molecule has 0 saturated carbocycles. The fourth-order valence-corrected chi connectivity index (χ4v) is 3.29. The molecule has 0 aromatic heterocycles. The first kappa shape index (κ1) is 20.5. The van der Waals surface area contributed by atoms with E-state index < -0.39 is 0 Å². The van der Waals surface area contributed by atoms with Gasteiger partial charge in [-0.25, -0.2) is 0 Å². The molecule has 7 heteroatoms. The number of phenolic OH excluding ortho intramolecular Hbond substituents is 1. The predicted molar refractivity (Wildman–Crippen MR) is 114 cm³/mol. The van der Waals surface area contributed by atoms with Gasteiger partial charge < -0.3 is 19.9 Å². The molecule has 3 rings (SSSR count). The van der Waals surface area contributed by atoms with Crippen LogP contribution < -0.4 is 14.8 Å². The lowest BCUT2D eigenvalue weighted by molar-refractivity contribution is 0.284. The Hall–Kier alpha value is -2.27. The number of ether oxygens (including phenoxy) is 2. The summed E-state index contributed by atoms with van der Waals surface area (Å²) in [5.74, 6) is 1.00. The number of nitrogens with one attached hydrogen (secondary N) is 1. The lowest BCUT2D eigenvalue weighted by Gasteiger charge is -2.15. The van der Waals surface area contributed by atoms with E-state index in [-0.39, 0.29) is 15.8 Å². The van der Waals surface area contributed by atoms with Crippen molar-refractivity contribution in [1.82, 2.24) is 0 Å². The molecule has 3 aromatic carbocycles. The number of anilines is 1. The van der Waals surface area contributed by atoms with Gasteiger partial charge >= 0.3 is 0 Å².